The van der Waals surface area contributed by atoms with E-state index in [0.29, 0.717) is 5.75 Å². The van der Waals surface area contributed by atoms with E-state index in [1.165, 1.54) is 0 Å². The van der Waals surface area contributed by atoms with Crippen LogP contribution in [0.5, 0.6) is 0 Å². The summed E-state index contributed by atoms with van der Waals surface area (Å²) in [6, 6.07) is 0. The average Bonchev–Trinajstić information content (AvgIpc) is 2.88. The Bertz CT molecular complexity index is 391. The number of sulfone groups is 1. The molecular formula is C13H25NO3S2. The van der Waals surface area contributed by atoms with Gasteiger partial charge in [0.2, 0.25) is 0 Å². The van der Waals surface area contributed by atoms with Crippen LogP contribution >= 0.6 is 11.8 Å². The lowest BCUT2D eigenvalue weighted by Crippen LogP contribution is -2.52. The highest BCUT2D eigenvalue weighted by atomic mass is 32.2. The van der Waals surface area contributed by atoms with Gasteiger partial charge in [-0.1, -0.05) is 19.8 Å². The van der Waals surface area contributed by atoms with Crippen LogP contribution in [-0.4, -0.2) is 60.8 Å². The Morgan fingerprint density at radius 2 is 2.05 bits per heavy atom. The summed E-state index contributed by atoms with van der Waals surface area (Å²) in [5.74, 6) is 1.88. The van der Waals surface area contributed by atoms with Gasteiger partial charge in [0.15, 0.2) is 9.84 Å². The Labute approximate surface area is 120 Å². The molecule has 4 nitrogen and oxygen atoms in total. The number of aliphatic hydroxyl groups excluding tert-OH is 1. The molecular weight excluding hydrogens is 282 g/mol. The van der Waals surface area contributed by atoms with Gasteiger partial charge in [-0.3, -0.25) is 4.90 Å². The molecule has 2 aliphatic rings. The third-order valence-electron chi connectivity index (χ3n) is 4.55. The van der Waals surface area contributed by atoms with Gasteiger partial charge in [-0.2, -0.15) is 11.8 Å². The van der Waals surface area contributed by atoms with Crippen molar-refractivity contribution in [1.82, 2.24) is 4.90 Å². The van der Waals surface area contributed by atoms with E-state index < -0.39 is 9.84 Å². The molecule has 0 aromatic rings. The van der Waals surface area contributed by atoms with E-state index in [-0.39, 0.29) is 23.1 Å². The van der Waals surface area contributed by atoms with Crippen LogP contribution in [0.25, 0.3) is 0 Å². The summed E-state index contributed by atoms with van der Waals surface area (Å²) in [4.78, 5) is 2.12. The zero-order valence-electron chi connectivity index (χ0n) is 11.7. The minimum absolute atomic E-state index is 0.0521. The summed E-state index contributed by atoms with van der Waals surface area (Å²) in [5.41, 5.74) is -0.0521. The smallest absolute Gasteiger partial charge is 0.166 e. The van der Waals surface area contributed by atoms with Gasteiger partial charge in [0.1, 0.15) is 5.37 Å². The summed E-state index contributed by atoms with van der Waals surface area (Å²) in [7, 11) is -3.02. The first kappa shape index (κ1) is 15.6. The molecule has 1 atom stereocenters. The van der Waals surface area contributed by atoms with Gasteiger partial charge in [-0.05, 0) is 12.8 Å². The SMILES string of the molecule is CCS(=O)(=O)C1CSCCN1CC1(CO)CCCC1. The third kappa shape index (κ3) is 3.46. The predicted molar refractivity (Wildman–Crippen MR) is 80.1 cm³/mol. The topological polar surface area (TPSA) is 57.6 Å². The molecule has 2 rings (SSSR count). The van der Waals surface area contributed by atoms with Crippen LogP contribution in [0.4, 0.5) is 0 Å². The van der Waals surface area contributed by atoms with Gasteiger partial charge in [0.05, 0.1) is 0 Å². The average molecular weight is 307 g/mol. The lowest BCUT2D eigenvalue weighted by molar-refractivity contribution is 0.0765. The molecule has 0 amide bonds. The molecule has 0 aromatic carbocycles. The lowest BCUT2D eigenvalue weighted by Gasteiger charge is -2.40. The quantitative estimate of drug-likeness (QED) is 0.831. The fraction of sp³-hybridized carbons (Fsp3) is 1.00. The monoisotopic (exact) mass is 307 g/mol. The van der Waals surface area contributed by atoms with Crippen molar-refractivity contribution in [2.45, 2.75) is 38.0 Å². The number of thioether (sulfide) groups is 1. The maximum absolute atomic E-state index is 12.2. The fourth-order valence-corrected chi connectivity index (χ4v) is 6.32. The second-order valence-corrected chi connectivity index (χ2v) is 9.41. The largest absolute Gasteiger partial charge is 0.396 e. The molecule has 1 saturated carbocycles. The van der Waals surface area contributed by atoms with Crippen molar-refractivity contribution in [3.8, 4) is 0 Å². The van der Waals surface area contributed by atoms with Crippen molar-refractivity contribution in [2.24, 2.45) is 5.41 Å². The highest BCUT2D eigenvalue weighted by molar-refractivity contribution is 8.01. The van der Waals surface area contributed by atoms with Crippen LogP contribution in [-0.2, 0) is 9.84 Å². The highest BCUT2D eigenvalue weighted by Gasteiger charge is 2.40. The van der Waals surface area contributed by atoms with Gasteiger partial charge >= 0.3 is 0 Å². The molecule has 1 saturated heterocycles. The van der Waals surface area contributed by atoms with Crippen LogP contribution in [0, 0.1) is 5.41 Å². The standard InChI is InChI=1S/C13H25NO3S2/c1-2-19(16,17)12-9-18-8-7-14(12)10-13(11-15)5-3-4-6-13/h12,15H,2-11H2,1H3. The van der Waals surface area contributed by atoms with Crippen LogP contribution in [0.3, 0.4) is 0 Å². The molecule has 1 aliphatic carbocycles. The molecule has 0 radical (unpaired) electrons. The maximum Gasteiger partial charge on any atom is 0.166 e. The van der Waals surface area contributed by atoms with Crippen LogP contribution in [0.2, 0.25) is 0 Å². The number of nitrogens with zero attached hydrogens (tertiary/aromatic N) is 1. The van der Waals surface area contributed by atoms with Crippen molar-refractivity contribution in [1.29, 1.82) is 0 Å². The molecule has 1 aliphatic heterocycles. The molecule has 0 bridgehead atoms. The van der Waals surface area contributed by atoms with Gasteiger partial charge < -0.3 is 5.11 Å². The van der Waals surface area contributed by atoms with Crippen molar-refractivity contribution >= 4 is 21.6 Å². The Morgan fingerprint density at radius 3 is 2.63 bits per heavy atom. The Morgan fingerprint density at radius 1 is 1.37 bits per heavy atom. The highest BCUT2D eigenvalue weighted by Crippen LogP contribution is 2.39. The number of rotatable bonds is 5. The molecule has 0 aromatic heterocycles. The molecule has 19 heavy (non-hydrogen) atoms. The Balaban J connectivity index is 2.12. The third-order valence-corrected chi connectivity index (χ3v) is 7.88. The van der Waals surface area contributed by atoms with Crippen molar-refractivity contribution in [2.75, 3.05) is 37.0 Å². The molecule has 1 unspecified atom stereocenters. The molecule has 6 heteroatoms. The summed E-state index contributed by atoms with van der Waals surface area (Å²) in [6.45, 7) is 3.49. The normalized spacial score (nSPS) is 28.6. The summed E-state index contributed by atoms with van der Waals surface area (Å²) < 4.78 is 24.4. The van der Waals surface area contributed by atoms with Crippen molar-refractivity contribution in [3.63, 3.8) is 0 Å². The number of hydrogen-bond donors (Lipinski definition) is 1. The Hall–Kier alpha value is 0.220. The van der Waals surface area contributed by atoms with Crippen LogP contribution in [0.1, 0.15) is 32.6 Å². The van der Waals surface area contributed by atoms with Crippen molar-refractivity contribution in [3.05, 3.63) is 0 Å². The predicted octanol–water partition coefficient (Wildman–Crippen LogP) is 1.35. The first-order valence-electron chi connectivity index (χ1n) is 7.17. The van der Waals surface area contributed by atoms with E-state index in [2.05, 4.69) is 4.90 Å². The first-order valence-corrected chi connectivity index (χ1v) is 10.0. The van der Waals surface area contributed by atoms with Gasteiger partial charge in [0, 0.05) is 42.4 Å². The zero-order valence-corrected chi connectivity index (χ0v) is 13.3. The first-order chi connectivity index (χ1) is 9.03. The number of aliphatic hydroxyl groups is 1. The van der Waals surface area contributed by atoms with E-state index in [9.17, 15) is 13.5 Å². The molecule has 1 heterocycles. The van der Waals surface area contributed by atoms with Gasteiger partial charge in [-0.15, -0.1) is 0 Å². The Kier molecular flexibility index (Phi) is 5.20. The summed E-state index contributed by atoms with van der Waals surface area (Å²) in [6.07, 6.45) is 4.39. The zero-order chi connectivity index (χ0) is 13.9. The van der Waals surface area contributed by atoms with E-state index in [1.54, 1.807) is 18.7 Å². The van der Waals surface area contributed by atoms with E-state index in [0.717, 1.165) is 44.5 Å². The molecule has 1 N–H and O–H groups in total. The summed E-state index contributed by atoms with van der Waals surface area (Å²) >= 11 is 1.73. The number of hydrogen-bond acceptors (Lipinski definition) is 5. The minimum atomic E-state index is -3.02. The molecule has 0 spiro atoms. The van der Waals surface area contributed by atoms with Crippen LogP contribution in [0.15, 0.2) is 0 Å². The second-order valence-electron chi connectivity index (χ2n) is 5.82. The second kappa shape index (κ2) is 6.33. The summed E-state index contributed by atoms with van der Waals surface area (Å²) in [5, 5.41) is 9.37. The maximum atomic E-state index is 12.2. The van der Waals surface area contributed by atoms with E-state index >= 15 is 0 Å². The fourth-order valence-electron chi connectivity index (χ4n) is 3.24. The lowest BCUT2D eigenvalue weighted by atomic mass is 9.86. The van der Waals surface area contributed by atoms with E-state index in [1.807, 2.05) is 0 Å². The molecule has 2 fully saturated rings. The van der Waals surface area contributed by atoms with Gasteiger partial charge in [0.25, 0.3) is 0 Å². The molecule has 112 valence electrons. The van der Waals surface area contributed by atoms with Crippen molar-refractivity contribution < 1.29 is 13.5 Å². The minimum Gasteiger partial charge on any atom is -0.396 e. The van der Waals surface area contributed by atoms with Gasteiger partial charge in [-0.25, -0.2) is 8.42 Å². The van der Waals surface area contributed by atoms with E-state index in [4.69, 9.17) is 0 Å². The van der Waals surface area contributed by atoms with Crippen LogP contribution < -0.4 is 0 Å².